The molecule has 0 bridgehead atoms. The third-order valence-electron chi connectivity index (χ3n) is 4.45. The normalized spacial score (nSPS) is 19.4. The van der Waals surface area contributed by atoms with Gasteiger partial charge in [0.2, 0.25) is 0 Å². The Labute approximate surface area is 121 Å². The monoisotopic (exact) mass is 280 g/mol. The Balaban J connectivity index is 2.00. The van der Waals surface area contributed by atoms with Gasteiger partial charge in [0.05, 0.1) is 0 Å². The molecule has 2 N–H and O–H groups in total. The first-order chi connectivity index (χ1) is 9.00. The van der Waals surface area contributed by atoms with Crippen molar-refractivity contribution in [2.24, 2.45) is 5.73 Å². The molecule has 19 heavy (non-hydrogen) atoms. The lowest BCUT2D eigenvalue weighted by Crippen LogP contribution is -2.58. The molecule has 0 radical (unpaired) electrons. The molecule has 0 amide bonds. The van der Waals surface area contributed by atoms with E-state index in [0.717, 1.165) is 11.4 Å². The Morgan fingerprint density at radius 2 is 1.74 bits per heavy atom. The summed E-state index contributed by atoms with van der Waals surface area (Å²) < 4.78 is 0. The third kappa shape index (κ3) is 3.71. The van der Waals surface area contributed by atoms with Crippen LogP contribution in [0, 0.1) is 0 Å². The minimum Gasteiger partial charge on any atom is -0.326 e. The molecule has 1 aromatic rings. The van der Waals surface area contributed by atoms with Crippen LogP contribution in [-0.2, 0) is 6.42 Å². The predicted molar refractivity (Wildman–Crippen MR) is 82.6 cm³/mol. The van der Waals surface area contributed by atoms with Crippen LogP contribution in [-0.4, -0.2) is 29.6 Å². The summed E-state index contributed by atoms with van der Waals surface area (Å²) in [5, 5.41) is 0.785. The van der Waals surface area contributed by atoms with E-state index in [0.29, 0.717) is 0 Å². The maximum absolute atomic E-state index is 6.48. The van der Waals surface area contributed by atoms with Gasteiger partial charge in [-0.05, 0) is 63.9 Å². The van der Waals surface area contributed by atoms with Crippen molar-refractivity contribution in [3.05, 3.63) is 34.9 Å². The lowest BCUT2D eigenvalue weighted by Gasteiger charge is -2.44. The first-order valence-electron chi connectivity index (χ1n) is 7.25. The summed E-state index contributed by atoms with van der Waals surface area (Å²) in [4.78, 5) is 2.55. The number of halogens is 1. The third-order valence-corrected chi connectivity index (χ3v) is 4.70. The molecule has 3 heteroatoms. The molecule has 2 nitrogen and oxygen atoms in total. The maximum atomic E-state index is 6.48. The van der Waals surface area contributed by atoms with Crippen LogP contribution >= 0.6 is 11.6 Å². The van der Waals surface area contributed by atoms with Gasteiger partial charge >= 0.3 is 0 Å². The second-order valence-corrected chi connectivity index (χ2v) is 6.57. The number of hydrogen-bond acceptors (Lipinski definition) is 2. The van der Waals surface area contributed by atoms with E-state index < -0.39 is 0 Å². The summed E-state index contributed by atoms with van der Waals surface area (Å²) in [7, 11) is 0. The predicted octanol–water partition coefficient (Wildman–Crippen LogP) is 3.47. The van der Waals surface area contributed by atoms with Gasteiger partial charge in [0.15, 0.2) is 0 Å². The molecule has 1 aromatic carbocycles. The number of hydrogen-bond donors (Lipinski definition) is 1. The van der Waals surface area contributed by atoms with Crippen LogP contribution in [0.1, 0.15) is 38.7 Å². The Morgan fingerprint density at radius 3 is 2.32 bits per heavy atom. The zero-order valence-electron chi connectivity index (χ0n) is 12.0. The Bertz CT molecular complexity index is 394. The topological polar surface area (TPSA) is 29.3 Å². The van der Waals surface area contributed by atoms with Crippen molar-refractivity contribution in [3.63, 3.8) is 0 Å². The van der Waals surface area contributed by atoms with Crippen LogP contribution in [0.2, 0.25) is 5.02 Å². The largest absolute Gasteiger partial charge is 0.326 e. The van der Waals surface area contributed by atoms with Crippen LogP contribution in [0.25, 0.3) is 0 Å². The van der Waals surface area contributed by atoms with Crippen LogP contribution < -0.4 is 5.73 Å². The second-order valence-electron chi connectivity index (χ2n) is 6.14. The number of nitrogens with zero attached hydrogens (tertiary/aromatic N) is 1. The first kappa shape index (κ1) is 14.8. The van der Waals surface area contributed by atoms with Crippen molar-refractivity contribution in [3.8, 4) is 0 Å². The summed E-state index contributed by atoms with van der Waals surface area (Å²) in [6.45, 7) is 6.92. The molecule has 1 saturated heterocycles. The van der Waals surface area contributed by atoms with Crippen molar-refractivity contribution < 1.29 is 0 Å². The van der Waals surface area contributed by atoms with Gasteiger partial charge in [0.25, 0.3) is 0 Å². The molecule has 0 aromatic heterocycles. The van der Waals surface area contributed by atoms with Crippen molar-refractivity contribution in [2.45, 2.75) is 51.1 Å². The summed E-state index contributed by atoms with van der Waals surface area (Å²) in [6.07, 6.45) is 4.87. The smallest absolute Gasteiger partial charge is 0.0406 e. The van der Waals surface area contributed by atoms with Gasteiger partial charge in [-0.25, -0.2) is 0 Å². The van der Waals surface area contributed by atoms with Gasteiger partial charge in [0.1, 0.15) is 0 Å². The number of likely N-dealkylation sites (tertiary alicyclic amines) is 1. The quantitative estimate of drug-likeness (QED) is 0.915. The molecular formula is C16H25ClN2. The van der Waals surface area contributed by atoms with E-state index in [9.17, 15) is 0 Å². The van der Waals surface area contributed by atoms with Crippen molar-refractivity contribution in [1.29, 1.82) is 0 Å². The van der Waals surface area contributed by atoms with Gasteiger partial charge in [-0.15, -0.1) is 0 Å². The highest BCUT2D eigenvalue weighted by atomic mass is 35.5. The van der Waals surface area contributed by atoms with Gasteiger partial charge in [-0.3, -0.25) is 4.90 Å². The Morgan fingerprint density at radius 1 is 1.16 bits per heavy atom. The fourth-order valence-electron chi connectivity index (χ4n) is 2.83. The van der Waals surface area contributed by atoms with Gasteiger partial charge in [-0.1, -0.05) is 30.2 Å². The van der Waals surface area contributed by atoms with Gasteiger partial charge in [0, 0.05) is 16.6 Å². The van der Waals surface area contributed by atoms with E-state index in [-0.39, 0.29) is 11.6 Å². The van der Waals surface area contributed by atoms with Gasteiger partial charge < -0.3 is 5.73 Å². The van der Waals surface area contributed by atoms with E-state index in [1.807, 2.05) is 12.1 Å². The fraction of sp³-hybridized carbons (Fsp3) is 0.625. The van der Waals surface area contributed by atoms with Crippen LogP contribution in [0.4, 0.5) is 0 Å². The molecule has 1 fully saturated rings. The molecule has 2 rings (SSSR count). The fourth-order valence-corrected chi connectivity index (χ4v) is 2.95. The highest BCUT2D eigenvalue weighted by Crippen LogP contribution is 2.25. The average Bonchev–Trinajstić information content (AvgIpc) is 2.42. The molecule has 0 saturated carbocycles. The molecular weight excluding hydrogens is 256 g/mol. The minimum atomic E-state index is 0.0556. The molecule has 1 atom stereocenters. The molecule has 1 heterocycles. The standard InChI is InChI=1S/C16H25ClN2/c1-16(2,19-10-4-3-5-11-19)15(18)12-13-6-8-14(17)9-7-13/h6-9,15H,3-5,10-12,18H2,1-2H3. The zero-order chi connectivity index (χ0) is 13.9. The SMILES string of the molecule is CC(C)(C(N)Cc1ccc(Cl)cc1)N1CCCCC1. The highest BCUT2D eigenvalue weighted by molar-refractivity contribution is 6.30. The van der Waals surface area contributed by atoms with Crippen molar-refractivity contribution in [1.82, 2.24) is 4.90 Å². The lowest BCUT2D eigenvalue weighted by molar-refractivity contribution is 0.0731. The molecule has 1 aliphatic heterocycles. The van der Waals surface area contributed by atoms with Crippen molar-refractivity contribution in [2.75, 3.05) is 13.1 Å². The average molecular weight is 281 g/mol. The minimum absolute atomic E-state index is 0.0556. The molecule has 1 aliphatic rings. The second kappa shape index (κ2) is 6.25. The van der Waals surface area contributed by atoms with Crippen LogP contribution in [0.5, 0.6) is 0 Å². The van der Waals surface area contributed by atoms with Gasteiger partial charge in [-0.2, -0.15) is 0 Å². The number of nitrogens with two attached hydrogens (primary N) is 1. The first-order valence-corrected chi connectivity index (χ1v) is 7.63. The van der Waals surface area contributed by atoms with Crippen LogP contribution in [0.15, 0.2) is 24.3 Å². The zero-order valence-corrected chi connectivity index (χ0v) is 12.8. The number of benzene rings is 1. The molecule has 0 spiro atoms. The van der Waals surface area contributed by atoms with Crippen LogP contribution in [0.3, 0.4) is 0 Å². The van der Waals surface area contributed by atoms with Crippen molar-refractivity contribution >= 4 is 11.6 Å². The number of rotatable bonds is 4. The van der Waals surface area contributed by atoms with E-state index in [2.05, 4.69) is 30.9 Å². The Kier molecular flexibility index (Phi) is 4.88. The molecule has 1 unspecified atom stereocenters. The molecule has 0 aliphatic carbocycles. The number of piperidine rings is 1. The van der Waals surface area contributed by atoms with E-state index in [4.69, 9.17) is 17.3 Å². The van der Waals surface area contributed by atoms with E-state index in [1.165, 1.54) is 37.9 Å². The summed E-state index contributed by atoms with van der Waals surface area (Å²) >= 11 is 5.92. The summed E-state index contributed by atoms with van der Waals surface area (Å²) in [6, 6.07) is 8.18. The summed E-state index contributed by atoms with van der Waals surface area (Å²) in [5.74, 6) is 0. The van der Waals surface area contributed by atoms with E-state index in [1.54, 1.807) is 0 Å². The van der Waals surface area contributed by atoms with E-state index >= 15 is 0 Å². The lowest BCUT2D eigenvalue weighted by atomic mass is 9.87. The maximum Gasteiger partial charge on any atom is 0.0406 e. The summed E-state index contributed by atoms with van der Waals surface area (Å²) in [5.41, 5.74) is 7.80. The highest BCUT2D eigenvalue weighted by Gasteiger charge is 2.33. The Hall–Kier alpha value is -0.570. The molecule has 106 valence electrons.